The Morgan fingerprint density at radius 1 is 1.37 bits per heavy atom. The molecule has 1 heterocycles. The Balaban J connectivity index is 1.87. The van der Waals surface area contributed by atoms with Crippen LogP contribution in [0.25, 0.3) is 0 Å². The number of rotatable bonds is 3. The molecule has 1 aliphatic heterocycles. The number of carbonyl (C=O) groups is 1. The van der Waals surface area contributed by atoms with Gasteiger partial charge in [-0.2, -0.15) is 0 Å². The number of carbonyl (C=O) groups excluding carboxylic acids is 1. The summed E-state index contributed by atoms with van der Waals surface area (Å²) in [7, 11) is 1.68. The van der Waals surface area contributed by atoms with Crippen LogP contribution < -0.4 is 10.1 Å². The molecule has 0 bridgehead atoms. The third-order valence-corrected chi connectivity index (χ3v) is 4.22. The smallest absolute Gasteiger partial charge is 0.238 e. The van der Waals surface area contributed by atoms with Crippen molar-refractivity contribution in [3.05, 3.63) is 29.3 Å². The normalized spacial score (nSPS) is 23.6. The zero-order valence-corrected chi connectivity index (χ0v) is 11.5. The van der Waals surface area contributed by atoms with E-state index in [4.69, 9.17) is 4.74 Å². The van der Waals surface area contributed by atoms with Gasteiger partial charge in [0, 0.05) is 6.04 Å². The number of hydrogen-bond acceptors (Lipinski definition) is 3. The third-order valence-electron chi connectivity index (χ3n) is 4.22. The fourth-order valence-electron chi connectivity index (χ4n) is 2.95. The van der Waals surface area contributed by atoms with Gasteiger partial charge in [0.1, 0.15) is 11.9 Å². The van der Waals surface area contributed by atoms with Crippen LogP contribution in [0.4, 0.5) is 0 Å². The van der Waals surface area contributed by atoms with E-state index in [-0.39, 0.29) is 12.1 Å². The van der Waals surface area contributed by atoms with Gasteiger partial charge in [0.15, 0.2) is 0 Å². The van der Waals surface area contributed by atoms with Crippen LogP contribution in [0.2, 0.25) is 0 Å². The second kappa shape index (κ2) is 4.85. The fraction of sp³-hybridized carbons (Fsp3) is 0.533. The number of aryl methyl sites for hydroxylation is 1. The van der Waals surface area contributed by atoms with Gasteiger partial charge in [0.25, 0.3) is 0 Å². The summed E-state index contributed by atoms with van der Waals surface area (Å²) in [6.45, 7) is 2.49. The molecule has 4 nitrogen and oxygen atoms in total. The lowest BCUT2D eigenvalue weighted by Crippen LogP contribution is -2.43. The Morgan fingerprint density at radius 2 is 2.16 bits per heavy atom. The lowest BCUT2D eigenvalue weighted by molar-refractivity contribution is -0.132. The van der Waals surface area contributed by atoms with Gasteiger partial charge in [0.2, 0.25) is 5.91 Å². The molecular formula is C15H20N2O2. The van der Waals surface area contributed by atoms with Crippen molar-refractivity contribution < 1.29 is 9.53 Å². The number of nitrogens with one attached hydrogen (secondary N) is 1. The Kier molecular flexibility index (Phi) is 3.19. The van der Waals surface area contributed by atoms with E-state index in [1.54, 1.807) is 7.11 Å². The van der Waals surface area contributed by atoms with E-state index < -0.39 is 0 Å². The van der Waals surface area contributed by atoms with Crippen LogP contribution in [0.3, 0.4) is 0 Å². The Morgan fingerprint density at radius 3 is 2.74 bits per heavy atom. The number of methoxy groups -OCH3 is 1. The molecule has 3 rings (SSSR count). The van der Waals surface area contributed by atoms with Crippen molar-refractivity contribution in [1.82, 2.24) is 10.2 Å². The lowest BCUT2D eigenvalue weighted by atomic mass is 9.90. The number of benzene rings is 1. The summed E-state index contributed by atoms with van der Waals surface area (Å²) >= 11 is 0. The molecule has 102 valence electrons. The largest absolute Gasteiger partial charge is 0.496 e. The highest BCUT2D eigenvalue weighted by Gasteiger charge is 2.39. The number of ether oxygens (including phenoxy) is 1. The molecule has 2 aliphatic rings. The molecule has 0 spiro atoms. The van der Waals surface area contributed by atoms with E-state index in [0.29, 0.717) is 12.6 Å². The van der Waals surface area contributed by atoms with Gasteiger partial charge in [-0.3, -0.25) is 10.1 Å². The van der Waals surface area contributed by atoms with E-state index in [0.717, 1.165) is 29.7 Å². The van der Waals surface area contributed by atoms with Gasteiger partial charge in [-0.1, -0.05) is 6.07 Å². The van der Waals surface area contributed by atoms with Crippen LogP contribution in [-0.4, -0.2) is 30.5 Å². The van der Waals surface area contributed by atoms with Gasteiger partial charge in [0.05, 0.1) is 13.7 Å². The molecule has 1 saturated carbocycles. The Labute approximate surface area is 113 Å². The van der Waals surface area contributed by atoms with Crippen molar-refractivity contribution in [3.8, 4) is 5.75 Å². The second-order valence-corrected chi connectivity index (χ2v) is 5.40. The van der Waals surface area contributed by atoms with Crippen molar-refractivity contribution in [2.75, 3.05) is 13.7 Å². The maximum absolute atomic E-state index is 12.0. The van der Waals surface area contributed by atoms with Crippen molar-refractivity contribution in [3.63, 3.8) is 0 Å². The highest BCUT2D eigenvalue weighted by Crippen LogP contribution is 2.34. The van der Waals surface area contributed by atoms with Crippen LogP contribution in [0.5, 0.6) is 5.75 Å². The molecule has 1 aliphatic carbocycles. The molecule has 1 aromatic carbocycles. The minimum absolute atomic E-state index is 0.0300. The summed E-state index contributed by atoms with van der Waals surface area (Å²) in [6, 6.07) is 6.57. The monoisotopic (exact) mass is 260 g/mol. The van der Waals surface area contributed by atoms with Gasteiger partial charge < -0.3 is 9.64 Å². The average molecular weight is 260 g/mol. The van der Waals surface area contributed by atoms with Crippen LogP contribution >= 0.6 is 0 Å². The highest BCUT2D eigenvalue weighted by molar-refractivity contribution is 5.81. The average Bonchev–Trinajstić information content (AvgIpc) is 2.70. The summed E-state index contributed by atoms with van der Waals surface area (Å²) in [4.78, 5) is 14.1. The first-order valence-corrected chi connectivity index (χ1v) is 6.90. The molecule has 2 fully saturated rings. The van der Waals surface area contributed by atoms with Gasteiger partial charge in [-0.15, -0.1) is 0 Å². The second-order valence-electron chi connectivity index (χ2n) is 5.40. The molecule has 1 saturated heterocycles. The number of hydrogen-bond donors (Lipinski definition) is 1. The highest BCUT2D eigenvalue weighted by atomic mass is 16.5. The molecule has 1 amide bonds. The van der Waals surface area contributed by atoms with Crippen LogP contribution in [-0.2, 0) is 4.79 Å². The third kappa shape index (κ3) is 2.10. The van der Waals surface area contributed by atoms with E-state index in [1.807, 2.05) is 24.0 Å². The summed E-state index contributed by atoms with van der Waals surface area (Å²) in [6.07, 6.45) is 3.54. The van der Waals surface area contributed by atoms with E-state index >= 15 is 0 Å². The minimum Gasteiger partial charge on any atom is -0.496 e. The maximum Gasteiger partial charge on any atom is 0.238 e. The summed E-state index contributed by atoms with van der Waals surface area (Å²) < 4.78 is 5.29. The summed E-state index contributed by atoms with van der Waals surface area (Å²) in [5.41, 5.74) is 2.26. The Bertz CT molecular complexity index is 497. The molecule has 1 aromatic rings. The topological polar surface area (TPSA) is 41.6 Å². The van der Waals surface area contributed by atoms with Crippen LogP contribution in [0.15, 0.2) is 18.2 Å². The van der Waals surface area contributed by atoms with Crippen molar-refractivity contribution >= 4 is 5.91 Å². The Hall–Kier alpha value is -1.55. The zero-order valence-electron chi connectivity index (χ0n) is 11.5. The van der Waals surface area contributed by atoms with Gasteiger partial charge in [-0.05, 0) is 49.4 Å². The molecule has 0 radical (unpaired) electrons. The first-order chi connectivity index (χ1) is 9.20. The SMILES string of the molecule is COc1ccc(C2NCC(=O)N2C2CCC2)cc1C. The van der Waals surface area contributed by atoms with Crippen molar-refractivity contribution in [2.24, 2.45) is 0 Å². The predicted octanol–water partition coefficient (Wildman–Crippen LogP) is 1.99. The number of amides is 1. The lowest BCUT2D eigenvalue weighted by Gasteiger charge is -2.38. The molecule has 1 unspecified atom stereocenters. The minimum atomic E-state index is 0.0300. The molecule has 4 heteroatoms. The van der Waals surface area contributed by atoms with Gasteiger partial charge in [-0.25, -0.2) is 0 Å². The van der Waals surface area contributed by atoms with E-state index in [9.17, 15) is 4.79 Å². The predicted molar refractivity (Wildman–Crippen MR) is 73.0 cm³/mol. The first-order valence-electron chi connectivity index (χ1n) is 6.90. The number of nitrogens with zero attached hydrogens (tertiary/aromatic N) is 1. The van der Waals surface area contributed by atoms with E-state index in [2.05, 4.69) is 11.4 Å². The van der Waals surface area contributed by atoms with E-state index in [1.165, 1.54) is 6.42 Å². The van der Waals surface area contributed by atoms with Crippen LogP contribution in [0, 0.1) is 6.92 Å². The molecule has 19 heavy (non-hydrogen) atoms. The molecule has 1 N–H and O–H groups in total. The molecule has 1 atom stereocenters. The summed E-state index contributed by atoms with van der Waals surface area (Å²) in [5, 5.41) is 3.32. The zero-order chi connectivity index (χ0) is 13.4. The van der Waals surface area contributed by atoms with Gasteiger partial charge >= 0.3 is 0 Å². The van der Waals surface area contributed by atoms with Crippen molar-refractivity contribution in [2.45, 2.75) is 38.4 Å². The quantitative estimate of drug-likeness (QED) is 0.903. The molecule has 0 aromatic heterocycles. The van der Waals surface area contributed by atoms with Crippen LogP contribution in [0.1, 0.15) is 36.6 Å². The molecular weight excluding hydrogens is 240 g/mol. The first kappa shape index (κ1) is 12.5. The maximum atomic E-state index is 12.0. The standard InChI is InChI=1S/C15H20N2O2/c1-10-8-11(6-7-13(10)19-2)15-16-9-14(18)17(15)12-4-3-5-12/h6-8,12,15-16H,3-5,9H2,1-2H3. The van der Waals surface area contributed by atoms with Crippen molar-refractivity contribution in [1.29, 1.82) is 0 Å². The fourth-order valence-corrected chi connectivity index (χ4v) is 2.95. The summed E-state index contributed by atoms with van der Waals surface area (Å²) in [5.74, 6) is 1.12.